The van der Waals surface area contributed by atoms with Crippen molar-refractivity contribution >= 4 is 5.91 Å². The molecule has 17 heavy (non-hydrogen) atoms. The van der Waals surface area contributed by atoms with E-state index in [0.29, 0.717) is 6.04 Å². The van der Waals surface area contributed by atoms with Crippen molar-refractivity contribution in [1.29, 1.82) is 0 Å². The van der Waals surface area contributed by atoms with Gasteiger partial charge in [-0.25, -0.2) is 0 Å². The number of carbonyl (C=O) groups is 1. The van der Waals surface area contributed by atoms with Crippen LogP contribution in [0.3, 0.4) is 0 Å². The highest BCUT2D eigenvalue weighted by Gasteiger charge is 2.16. The van der Waals surface area contributed by atoms with E-state index in [2.05, 4.69) is 36.3 Å². The van der Waals surface area contributed by atoms with Crippen LogP contribution in [0.1, 0.15) is 40.5 Å². The van der Waals surface area contributed by atoms with E-state index in [0.717, 1.165) is 19.4 Å². The molecule has 0 aliphatic rings. The Morgan fingerprint density at radius 1 is 1.18 bits per heavy atom. The van der Waals surface area contributed by atoms with Crippen molar-refractivity contribution in [3.8, 4) is 0 Å². The van der Waals surface area contributed by atoms with Gasteiger partial charge in [0.2, 0.25) is 5.91 Å². The zero-order chi connectivity index (χ0) is 13.4. The first-order valence-electron chi connectivity index (χ1n) is 6.58. The Hall–Kier alpha value is -0.610. The molecule has 4 nitrogen and oxygen atoms in total. The van der Waals surface area contributed by atoms with Gasteiger partial charge in [0.25, 0.3) is 0 Å². The molecule has 0 rings (SSSR count). The molecule has 0 aromatic carbocycles. The van der Waals surface area contributed by atoms with Crippen LogP contribution in [0.25, 0.3) is 0 Å². The molecule has 0 aliphatic heterocycles. The van der Waals surface area contributed by atoms with Gasteiger partial charge >= 0.3 is 0 Å². The van der Waals surface area contributed by atoms with Gasteiger partial charge in [0, 0.05) is 18.6 Å². The van der Waals surface area contributed by atoms with Gasteiger partial charge in [-0.05, 0) is 41.3 Å². The van der Waals surface area contributed by atoms with Gasteiger partial charge in [-0.3, -0.25) is 4.79 Å². The molecule has 3 unspecified atom stereocenters. The van der Waals surface area contributed by atoms with Crippen molar-refractivity contribution in [2.24, 2.45) is 0 Å². The van der Waals surface area contributed by atoms with Crippen LogP contribution >= 0.6 is 0 Å². The van der Waals surface area contributed by atoms with Crippen LogP contribution in [0.15, 0.2) is 0 Å². The molecule has 0 aromatic heterocycles. The molecule has 102 valence electrons. The minimum Gasteiger partial charge on any atom is -0.352 e. The van der Waals surface area contributed by atoms with Crippen molar-refractivity contribution in [3.05, 3.63) is 0 Å². The summed E-state index contributed by atoms with van der Waals surface area (Å²) in [4.78, 5) is 14.0. The van der Waals surface area contributed by atoms with E-state index in [9.17, 15) is 4.79 Å². The summed E-state index contributed by atoms with van der Waals surface area (Å²) in [5.74, 6) is 0.0940. The van der Waals surface area contributed by atoms with Gasteiger partial charge < -0.3 is 15.5 Å². The molecule has 2 N–H and O–H groups in total. The molecule has 0 radical (unpaired) electrons. The highest BCUT2D eigenvalue weighted by molar-refractivity contribution is 5.81. The van der Waals surface area contributed by atoms with Gasteiger partial charge in [-0.2, -0.15) is 0 Å². The molecular weight excluding hydrogens is 214 g/mol. The number of likely N-dealkylation sites (N-methyl/N-ethyl adjacent to an activating group) is 1. The second-order valence-corrected chi connectivity index (χ2v) is 5.25. The van der Waals surface area contributed by atoms with Crippen LogP contribution in [-0.2, 0) is 4.79 Å². The molecule has 1 amide bonds. The second kappa shape index (κ2) is 8.48. The molecule has 0 saturated carbocycles. The molecule has 0 saturated heterocycles. The zero-order valence-electron chi connectivity index (χ0n) is 12.2. The lowest BCUT2D eigenvalue weighted by Gasteiger charge is -2.23. The number of carbonyl (C=O) groups excluding carboxylic acids is 1. The van der Waals surface area contributed by atoms with Gasteiger partial charge in [-0.1, -0.05) is 13.3 Å². The third-order valence-corrected chi connectivity index (χ3v) is 2.68. The number of hydrogen-bond donors (Lipinski definition) is 2. The van der Waals surface area contributed by atoms with E-state index in [1.54, 1.807) is 0 Å². The van der Waals surface area contributed by atoms with E-state index in [1.807, 2.05) is 21.0 Å². The van der Waals surface area contributed by atoms with E-state index in [4.69, 9.17) is 0 Å². The lowest BCUT2D eigenvalue weighted by molar-refractivity contribution is -0.123. The Kier molecular flexibility index (Phi) is 8.17. The largest absolute Gasteiger partial charge is 0.352 e. The molecule has 4 heteroatoms. The van der Waals surface area contributed by atoms with Crippen LogP contribution in [-0.4, -0.2) is 49.6 Å². The summed E-state index contributed by atoms with van der Waals surface area (Å²) in [6, 6.07) is 0.442. The summed E-state index contributed by atoms with van der Waals surface area (Å²) < 4.78 is 0. The smallest absolute Gasteiger partial charge is 0.237 e. The Bertz CT molecular complexity index is 219. The Morgan fingerprint density at radius 3 is 2.24 bits per heavy atom. The van der Waals surface area contributed by atoms with E-state index in [1.165, 1.54) is 0 Å². The highest BCUT2D eigenvalue weighted by atomic mass is 16.2. The van der Waals surface area contributed by atoms with Crippen molar-refractivity contribution < 1.29 is 4.79 Å². The summed E-state index contributed by atoms with van der Waals surface area (Å²) in [5.41, 5.74) is 0. The van der Waals surface area contributed by atoms with E-state index >= 15 is 0 Å². The zero-order valence-corrected chi connectivity index (χ0v) is 12.2. The molecule has 0 spiro atoms. The lowest BCUT2D eigenvalue weighted by Crippen LogP contribution is -2.50. The quantitative estimate of drug-likeness (QED) is 0.674. The van der Waals surface area contributed by atoms with Crippen LogP contribution in [0.4, 0.5) is 0 Å². The average Bonchev–Trinajstić information content (AvgIpc) is 2.15. The minimum absolute atomic E-state index is 0.0940. The molecule has 3 atom stereocenters. The van der Waals surface area contributed by atoms with Gasteiger partial charge in [-0.15, -0.1) is 0 Å². The van der Waals surface area contributed by atoms with E-state index < -0.39 is 0 Å². The Morgan fingerprint density at radius 2 is 1.76 bits per heavy atom. The fraction of sp³-hybridized carbons (Fsp3) is 0.923. The predicted molar refractivity (Wildman–Crippen MR) is 73.1 cm³/mol. The number of rotatable bonds is 8. The fourth-order valence-electron chi connectivity index (χ4n) is 1.98. The molecule has 0 aliphatic carbocycles. The highest BCUT2D eigenvalue weighted by Crippen LogP contribution is 1.96. The second-order valence-electron chi connectivity index (χ2n) is 5.25. The third-order valence-electron chi connectivity index (χ3n) is 2.68. The molecule has 0 aromatic rings. The first-order chi connectivity index (χ1) is 7.86. The van der Waals surface area contributed by atoms with Gasteiger partial charge in [0.15, 0.2) is 0 Å². The van der Waals surface area contributed by atoms with Gasteiger partial charge in [0.1, 0.15) is 0 Å². The maximum atomic E-state index is 11.9. The minimum atomic E-state index is -0.135. The summed E-state index contributed by atoms with van der Waals surface area (Å²) in [6.07, 6.45) is 2.13. The summed E-state index contributed by atoms with van der Waals surface area (Å²) in [7, 11) is 4.07. The molecule has 0 fully saturated rings. The maximum Gasteiger partial charge on any atom is 0.237 e. The number of amides is 1. The SMILES string of the molecule is CCCC(C)NC(=O)C(C)NC(C)CN(C)C. The van der Waals surface area contributed by atoms with Crippen molar-refractivity contribution in [1.82, 2.24) is 15.5 Å². The molecular formula is C13H29N3O. The van der Waals surface area contributed by atoms with Crippen molar-refractivity contribution in [3.63, 3.8) is 0 Å². The van der Waals surface area contributed by atoms with Crippen LogP contribution < -0.4 is 10.6 Å². The summed E-state index contributed by atoms with van der Waals surface area (Å²) >= 11 is 0. The fourth-order valence-corrected chi connectivity index (χ4v) is 1.98. The number of hydrogen-bond acceptors (Lipinski definition) is 3. The Labute approximate surface area is 106 Å². The number of nitrogens with zero attached hydrogens (tertiary/aromatic N) is 1. The number of nitrogens with one attached hydrogen (secondary N) is 2. The topological polar surface area (TPSA) is 44.4 Å². The first-order valence-corrected chi connectivity index (χ1v) is 6.58. The van der Waals surface area contributed by atoms with Crippen molar-refractivity contribution in [2.75, 3.05) is 20.6 Å². The first kappa shape index (κ1) is 16.4. The summed E-state index contributed by atoms with van der Waals surface area (Å²) in [6.45, 7) is 9.13. The summed E-state index contributed by atoms with van der Waals surface area (Å²) in [5, 5.41) is 6.33. The van der Waals surface area contributed by atoms with Crippen LogP contribution in [0.5, 0.6) is 0 Å². The molecule has 0 bridgehead atoms. The van der Waals surface area contributed by atoms with Crippen molar-refractivity contribution in [2.45, 2.75) is 58.7 Å². The standard InChI is InChI=1S/C13H29N3O/c1-7-8-10(2)15-13(17)12(4)14-11(3)9-16(5)6/h10-12,14H,7-9H2,1-6H3,(H,15,17). The Balaban J connectivity index is 3.96. The lowest BCUT2D eigenvalue weighted by atomic mass is 10.1. The monoisotopic (exact) mass is 243 g/mol. The van der Waals surface area contributed by atoms with Crippen LogP contribution in [0, 0.1) is 0 Å². The van der Waals surface area contributed by atoms with Crippen LogP contribution in [0.2, 0.25) is 0 Å². The van der Waals surface area contributed by atoms with Gasteiger partial charge in [0.05, 0.1) is 6.04 Å². The maximum absolute atomic E-state index is 11.9. The predicted octanol–water partition coefficient (Wildman–Crippen LogP) is 1.22. The van der Waals surface area contributed by atoms with E-state index in [-0.39, 0.29) is 18.0 Å². The average molecular weight is 243 g/mol. The molecule has 0 heterocycles. The normalized spacial score (nSPS) is 16.6. The third kappa shape index (κ3) is 8.16.